The summed E-state index contributed by atoms with van der Waals surface area (Å²) in [7, 11) is -2.92. The molecule has 0 aliphatic heterocycles. The Balaban J connectivity index is 3.23. The van der Waals surface area contributed by atoms with Crippen LogP contribution >= 0.6 is 8.03 Å². The van der Waals surface area contributed by atoms with Crippen molar-refractivity contribution < 1.29 is 31.0 Å². The Bertz CT molecular complexity index is 420. The predicted octanol–water partition coefficient (Wildman–Crippen LogP) is 3.12. The second kappa shape index (κ2) is 5.14. The highest BCUT2D eigenvalue weighted by Crippen LogP contribution is 2.34. The van der Waals surface area contributed by atoms with Gasteiger partial charge in [-0.2, -0.15) is 13.2 Å². The van der Waals surface area contributed by atoms with E-state index in [0.29, 0.717) is 12.1 Å². The van der Waals surface area contributed by atoms with Crippen molar-refractivity contribution in [1.82, 2.24) is 0 Å². The summed E-state index contributed by atoms with van der Waals surface area (Å²) in [4.78, 5) is 0. The Morgan fingerprint density at radius 1 is 1.24 bits per heavy atom. The molecule has 0 aliphatic rings. The summed E-state index contributed by atoms with van der Waals surface area (Å²) < 4.78 is 78.6. The third-order valence-electron chi connectivity index (χ3n) is 1.84. The summed E-state index contributed by atoms with van der Waals surface area (Å²) in [6, 6.07) is 0.756. The quantitative estimate of drug-likeness (QED) is 0.625. The summed E-state index contributed by atoms with van der Waals surface area (Å²) in [5.41, 5.74) is -1.99. The van der Waals surface area contributed by atoms with Gasteiger partial charge in [0.25, 0.3) is 0 Å². The maximum absolute atomic E-state index is 13.1. The number of alkyl halides is 3. The Hall–Kier alpha value is -0.940. The molecule has 0 amide bonds. The SMILES string of the molecule is CCO[PH](=O)c1cc(F)c(C(F)(F)F)c(F)c1. The minimum atomic E-state index is -5.13. The molecule has 96 valence electrons. The van der Waals surface area contributed by atoms with Crippen LogP contribution in [0.25, 0.3) is 0 Å². The lowest BCUT2D eigenvalue weighted by Crippen LogP contribution is -2.15. The van der Waals surface area contributed by atoms with Crippen molar-refractivity contribution >= 4 is 13.3 Å². The van der Waals surface area contributed by atoms with Crippen molar-refractivity contribution in [2.45, 2.75) is 13.1 Å². The van der Waals surface area contributed by atoms with Gasteiger partial charge in [0.2, 0.25) is 8.03 Å². The largest absolute Gasteiger partial charge is 0.422 e. The van der Waals surface area contributed by atoms with Gasteiger partial charge in [0, 0.05) is 5.30 Å². The van der Waals surface area contributed by atoms with Gasteiger partial charge in [0.05, 0.1) is 6.61 Å². The molecule has 0 radical (unpaired) electrons. The Morgan fingerprint density at radius 2 is 1.71 bits per heavy atom. The number of rotatable bonds is 3. The van der Waals surface area contributed by atoms with Crippen molar-refractivity contribution in [3.63, 3.8) is 0 Å². The molecule has 0 aliphatic carbocycles. The van der Waals surface area contributed by atoms with Crippen LogP contribution < -0.4 is 5.30 Å². The van der Waals surface area contributed by atoms with Crippen LogP contribution in [-0.2, 0) is 15.3 Å². The van der Waals surface area contributed by atoms with Crippen LogP contribution in [0.3, 0.4) is 0 Å². The molecular formula is C9H8F5O2P. The third-order valence-corrected chi connectivity index (χ3v) is 3.15. The molecule has 0 spiro atoms. The Morgan fingerprint density at radius 3 is 2.06 bits per heavy atom. The van der Waals surface area contributed by atoms with Crippen molar-refractivity contribution in [3.8, 4) is 0 Å². The molecule has 0 aromatic heterocycles. The van der Waals surface area contributed by atoms with Crippen LogP contribution in [0.2, 0.25) is 0 Å². The summed E-state index contributed by atoms with van der Waals surface area (Å²) in [6.45, 7) is 1.53. The van der Waals surface area contributed by atoms with Crippen molar-refractivity contribution in [2.24, 2.45) is 0 Å². The average molecular weight is 274 g/mol. The fourth-order valence-corrected chi connectivity index (χ4v) is 2.09. The molecule has 0 saturated carbocycles. The zero-order chi connectivity index (χ0) is 13.2. The first-order chi connectivity index (χ1) is 7.77. The number of hydrogen-bond donors (Lipinski definition) is 0. The molecule has 0 N–H and O–H groups in total. The third kappa shape index (κ3) is 3.26. The predicted molar refractivity (Wildman–Crippen MR) is 51.6 cm³/mol. The molecule has 1 aromatic rings. The van der Waals surface area contributed by atoms with Crippen molar-refractivity contribution in [3.05, 3.63) is 29.3 Å². The average Bonchev–Trinajstić information content (AvgIpc) is 2.14. The fourth-order valence-electron chi connectivity index (χ4n) is 1.18. The van der Waals surface area contributed by atoms with Gasteiger partial charge in [-0.25, -0.2) is 8.78 Å². The lowest BCUT2D eigenvalue weighted by molar-refractivity contribution is -0.142. The molecule has 2 nitrogen and oxygen atoms in total. The molecule has 1 atom stereocenters. The minimum Gasteiger partial charge on any atom is -0.328 e. The Labute approximate surface area is 94.3 Å². The second-order valence-electron chi connectivity index (χ2n) is 3.03. The maximum Gasteiger partial charge on any atom is 0.422 e. The van der Waals surface area contributed by atoms with Gasteiger partial charge in [-0.3, -0.25) is 4.57 Å². The Kier molecular flexibility index (Phi) is 4.27. The van der Waals surface area contributed by atoms with E-state index in [1.165, 1.54) is 6.92 Å². The van der Waals surface area contributed by atoms with Crippen LogP contribution in [0.15, 0.2) is 12.1 Å². The normalized spacial score (nSPS) is 13.8. The molecule has 0 heterocycles. The van der Waals surface area contributed by atoms with Gasteiger partial charge in [-0.15, -0.1) is 0 Å². The zero-order valence-electron chi connectivity index (χ0n) is 8.57. The molecule has 0 saturated heterocycles. The molecule has 17 heavy (non-hydrogen) atoms. The van der Waals surface area contributed by atoms with E-state index in [1.54, 1.807) is 0 Å². The highest BCUT2D eigenvalue weighted by Gasteiger charge is 2.38. The highest BCUT2D eigenvalue weighted by atomic mass is 31.1. The van der Waals surface area contributed by atoms with Gasteiger partial charge < -0.3 is 4.52 Å². The second-order valence-corrected chi connectivity index (χ2v) is 4.47. The zero-order valence-corrected chi connectivity index (χ0v) is 9.57. The van der Waals surface area contributed by atoms with E-state index in [0.717, 1.165) is 0 Å². The fraction of sp³-hybridized carbons (Fsp3) is 0.333. The molecule has 0 bridgehead atoms. The maximum atomic E-state index is 13.1. The molecule has 1 unspecified atom stereocenters. The van der Waals surface area contributed by atoms with Gasteiger partial charge >= 0.3 is 6.18 Å². The molecular weight excluding hydrogens is 266 g/mol. The molecule has 8 heteroatoms. The van der Waals surface area contributed by atoms with E-state index in [2.05, 4.69) is 4.52 Å². The smallest absolute Gasteiger partial charge is 0.328 e. The van der Waals surface area contributed by atoms with E-state index >= 15 is 0 Å². The van der Waals surface area contributed by atoms with E-state index in [4.69, 9.17) is 0 Å². The molecule has 1 rings (SSSR count). The summed E-state index contributed by atoms with van der Waals surface area (Å²) in [5.74, 6) is -3.60. The van der Waals surface area contributed by atoms with Gasteiger partial charge in [0.1, 0.15) is 17.2 Å². The number of benzene rings is 1. The summed E-state index contributed by atoms with van der Waals surface area (Å²) in [6.07, 6.45) is -5.13. The monoisotopic (exact) mass is 274 g/mol. The number of halogens is 5. The van der Waals surface area contributed by atoms with Crippen LogP contribution in [-0.4, -0.2) is 6.61 Å². The molecule has 1 aromatic carbocycles. The first-order valence-electron chi connectivity index (χ1n) is 4.50. The van der Waals surface area contributed by atoms with E-state index in [9.17, 15) is 26.5 Å². The standard InChI is InChI=1S/C9H8F5O2P/c1-2-16-17(15)5-3-6(10)8(7(11)4-5)9(12,13)14/h3-4,17H,2H2,1H3. The van der Waals surface area contributed by atoms with Crippen LogP contribution in [0.4, 0.5) is 22.0 Å². The lowest BCUT2D eigenvalue weighted by Gasteiger charge is -2.10. The van der Waals surface area contributed by atoms with Crippen LogP contribution in [0.5, 0.6) is 0 Å². The topological polar surface area (TPSA) is 26.3 Å². The first kappa shape index (κ1) is 14.1. The van der Waals surface area contributed by atoms with E-state index in [1.807, 2.05) is 0 Å². The lowest BCUT2D eigenvalue weighted by atomic mass is 10.2. The van der Waals surface area contributed by atoms with Crippen molar-refractivity contribution in [1.29, 1.82) is 0 Å². The van der Waals surface area contributed by atoms with Crippen LogP contribution in [0.1, 0.15) is 12.5 Å². The van der Waals surface area contributed by atoms with Gasteiger partial charge in [-0.05, 0) is 19.1 Å². The highest BCUT2D eigenvalue weighted by molar-refractivity contribution is 7.48. The van der Waals surface area contributed by atoms with Gasteiger partial charge in [0.15, 0.2) is 0 Å². The summed E-state index contributed by atoms with van der Waals surface area (Å²) >= 11 is 0. The van der Waals surface area contributed by atoms with Crippen LogP contribution in [0, 0.1) is 11.6 Å². The van der Waals surface area contributed by atoms with Crippen molar-refractivity contribution in [2.75, 3.05) is 6.61 Å². The molecule has 0 fully saturated rings. The number of hydrogen-bond acceptors (Lipinski definition) is 2. The van der Waals surface area contributed by atoms with E-state index in [-0.39, 0.29) is 6.61 Å². The first-order valence-corrected chi connectivity index (χ1v) is 5.82. The minimum absolute atomic E-state index is 0.0298. The summed E-state index contributed by atoms with van der Waals surface area (Å²) in [5, 5.41) is -0.417. The van der Waals surface area contributed by atoms with E-state index < -0.39 is 36.7 Å². The van der Waals surface area contributed by atoms with Gasteiger partial charge in [-0.1, -0.05) is 0 Å².